The summed E-state index contributed by atoms with van der Waals surface area (Å²) in [6.45, 7) is 0. The molecule has 4 rings (SSSR count). The van der Waals surface area contributed by atoms with Gasteiger partial charge in [-0.05, 0) is 58.8 Å². The molecule has 0 spiro atoms. The predicted molar refractivity (Wildman–Crippen MR) is 120 cm³/mol. The van der Waals surface area contributed by atoms with Crippen molar-refractivity contribution in [1.29, 1.82) is 0 Å². The smallest absolute Gasteiger partial charge is 0.392 e. The third-order valence-electron chi connectivity index (χ3n) is 4.67. The summed E-state index contributed by atoms with van der Waals surface area (Å²) in [5.41, 5.74) is 0.421. The molecule has 0 heterocycles. The number of carbonyl (C=O) groups excluding carboxylic acids is 2. The molecule has 0 saturated carbocycles. The summed E-state index contributed by atoms with van der Waals surface area (Å²) in [5, 5.41) is 0. The van der Waals surface area contributed by atoms with Crippen molar-refractivity contribution in [2.75, 3.05) is 0 Å². The molecule has 30 heavy (non-hydrogen) atoms. The number of hydrogen-bond donors (Lipinski definition) is 0. The summed E-state index contributed by atoms with van der Waals surface area (Å²) < 4.78 is 6.27. The van der Waals surface area contributed by atoms with Crippen LogP contribution in [0, 0.1) is 0 Å². The molecule has 0 aromatic heterocycles. The van der Waals surface area contributed by atoms with Crippen molar-refractivity contribution in [3.05, 3.63) is 127 Å². The monoisotopic (exact) mass is 413 g/mol. The van der Waals surface area contributed by atoms with E-state index in [9.17, 15) is 9.59 Å². The minimum Gasteiger partial charge on any atom is -0.392 e. The van der Waals surface area contributed by atoms with E-state index in [1.165, 1.54) is 0 Å². The van der Waals surface area contributed by atoms with Gasteiger partial charge in [0.15, 0.2) is 0 Å². The molecule has 1 N–H and O–H groups in total. The van der Waals surface area contributed by atoms with E-state index in [0.29, 0.717) is 5.56 Å². The topological polar surface area (TPSA) is 47.7 Å². The SMILES string of the molecule is O=C(OS(c1ccccc1)(c1ccccc1)c1ccccc1)C(=[OH+])c1ccccc1. The van der Waals surface area contributed by atoms with Crippen LogP contribution in [0.4, 0.5) is 0 Å². The van der Waals surface area contributed by atoms with Crippen molar-refractivity contribution >= 4 is 22.1 Å². The molecule has 4 aromatic rings. The van der Waals surface area contributed by atoms with Gasteiger partial charge in [0.1, 0.15) is 0 Å². The number of ketones is 1. The molecule has 3 nitrogen and oxygen atoms in total. The minimum absolute atomic E-state index is 0.407. The van der Waals surface area contributed by atoms with Crippen LogP contribution in [0.15, 0.2) is 136 Å². The van der Waals surface area contributed by atoms with E-state index in [4.69, 9.17) is 4.18 Å². The third kappa shape index (κ3) is 3.78. The average molecular weight is 414 g/mol. The maximum Gasteiger partial charge on any atom is 0.448 e. The lowest BCUT2D eigenvalue weighted by Gasteiger charge is -2.39. The van der Waals surface area contributed by atoms with Gasteiger partial charge in [-0.25, -0.2) is 4.79 Å². The van der Waals surface area contributed by atoms with E-state index in [-0.39, 0.29) is 0 Å². The van der Waals surface area contributed by atoms with Gasteiger partial charge in [0.2, 0.25) is 0 Å². The van der Waals surface area contributed by atoms with E-state index in [1.807, 2.05) is 97.1 Å². The molecule has 4 aromatic carbocycles. The fraction of sp³-hybridized carbons (Fsp3) is 0. The first-order valence-corrected chi connectivity index (χ1v) is 11.1. The van der Waals surface area contributed by atoms with Gasteiger partial charge in [-0.1, -0.05) is 72.8 Å². The molecule has 0 aliphatic heterocycles. The highest BCUT2D eigenvalue weighted by Gasteiger charge is 2.39. The van der Waals surface area contributed by atoms with Crippen molar-refractivity contribution in [3.8, 4) is 0 Å². The Morgan fingerprint density at radius 2 is 0.900 bits per heavy atom. The van der Waals surface area contributed by atoms with Gasteiger partial charge in [-0.2, -0.15) is 0 Å². The summed E-state index contributed by atoms with van der Waals surface area (Å²) in [6.07, 6.45) is 0. The van der Waals surface area contributed by atoms with Crippen molar-refractivity contribution in [2.45, 2.75) is 14.7 Å². The van der Waals surface area contributed by atoms with Crippen LogP contribution in [0.2, 0.25) is 0 Å². The summed E-state index contributed by atoms with van der Waals surface area (Å²) in [7, 11) is -2.42. The highest BCUT2D eigenvalue weighted by atomic mass is 32.3. The normalized spacial score (nSPS) is 11.5. The minimum atomic E-state index is -2.42. The fourth-order valence-corrected chi connectivity index (χ4v) is 6.29. The van der Waals surface area contributed by atoms with Gasteiger partial charge in [-0.3, -0.25) is 4.79 Å². The number of hydrogen-bond acceptors (Lipinski definition) is 2. The van der Waals surface area contributed by atoms with Gasteiger partial charge >= 0.3 is 11.8 Å². The highest BCUT2D eigenvalue weighted by Crippen LogP contribution is 2.69. The van der Waals surface area contributed by atoms with E-state index in [1.54, 1.807) is 24.3 Å². The molecule has 0 bridgehead atoms. The molecule has 148 valence electrons. The molecular formula is C26H21O3S+. The van der Waals surface area contributed by atoms with Crippen LogP contribution < -0.4 is 0 Å². The molecule has 0 aliphatic rings. The van der Waals surface area contributed by atoms with Crippen LogP contribution in [-0.4, -0.2) is 16.5 Å². The van der Waals surface area contributed by atoms with Gasteiger partial charge < -0.3 is 4.18 Å². The Morgan fingerprint density at radius 1 is 0.567 bits per heavy atom. The lowest BCUT2D eigenvalue weighted by Crippen LogP contribution is -2.22. The average Bonchev–Trinajstić information content (AvgIpc) is 2.84. The second-order valence-electron chi connectivity index (χ2n) is 6.58. The van der Waals surface area contributed by atoms with Crippen LogP contribution in [-0.2, 0) is 8.98 Å². The first-order valence-electron chi connectivity index (χ1n) is 9.55. The summed E-state index contributed by atoms with van der Waals surface area (Å²) in [6, 6.07) is 37.8. The third-order valence-corrected chi connectivity index (χ3v) is 7.88. The largest absolute Gasteiger partial charge is 0.448 e. The van der Waals surface area contributed by atoms with Crippen molar-refractivity contribution in [3.63, 3.8) is 0 Å². The molecule has 0 unspecified atom stereocenters. The lowest BCUT2D eigenvalue weighted by atomic mass is 10.1. The Hall–Kier alpha value is -3.63. The number of carbonyl (C=O) groups is 1. The molecule has 0 atom stereocenters. The van der Waals surface area contributed by atoms with Crippen LogP contribution in [0.5, 0.6) is 0 Å². The summed E-state index contributed by atoms with van der Waals surface area (Å²) in [5.74, 6) is -1.16. The number of benzene rings is 4. The van der Waals surface area contributed by atoms with E-state index < -0.39 is 22.1 Å². The molecule has 0 saturated heterocycles. The van der Waals surface area contributed by atoms with Gasteiger partial charge in [-0.15, -0.1) is 0 Å². The molecular weight excluding hydrogens is 392 g/mol. The van der Waals surface area contributed by atoms with E-state index >= 15 is 0 Å². The van der Waals surface area contributed by atoms with Crippen molar-refractivity contribution in [2.24, 2.45) is 0 Å². The van der Waals surface area contributed by atoms with Crippen LogP contribution in [0.1, 0.15) is 5.56 Å². The summed E-state index contributed by atoms with van der Waals surface area (Å²) in [4.78, 5) is 26.5. The maximum absolute atomic E-state index is 13.2. The van der Waals surface area contributed by atoms with Gasteiger partial charge in [0, 0.05) is 14.7 Å². The highest BCUT2D eigenvalue weighted by molar-refractivity contribution is 8.30. The zero-order valence-corrected chi connectivity index (χ0v) is 17.0. The van der Waals surface area contributed by atoms with Gasteiger partial charge in [0.25, 0.3) is 0 Å². The van der Waals surface area contributed by atoms with E-state index in [2.05, 4.69) is 0 Å². The zero-order chi connectivity index (χ0) is 20.8. The molecule has 0 amide bonds. The first-order chi connectivity index (χ1) is 14.7. The Kier molecular flexibility index (Phi) is 5.77. The number of rotatable bonds is 6. The second-order valence-corrected chi connectivity index (χ2v) is 9.27. The van der Waals surface area contributed by atoms with Crippen LogP contribution >= 0.6 is 10.3 Å². The standard InChI is InChI=1S/C26H20O3S/c27-25(21-13-5-1-6-14-21)26(28)29-30(22-15-7-2-8-16-22,23-17-9-3-10-18-23)24-19-11-4-12-20-24/h1-20H/p+1. The zero-order valence-electron chi connectivity index (χ0n) is 16.2. The van der Waals surface area contributed by atoms with Crippen molar-refractivity contribution < 1.29 is 13.8 Å². The summed E-state index contributed by atoms with van der Waals surface area (Å²) >= 11 is 0. The van der Waals surface area contributed by atoms with Crippen molar-refractivity contribution in [1.82, 2.24) is 0 Å². The van der Waals surface area contributed by atoms with Crippen LogP contribution in [0.3, 0.4) is 0 Å². The molecule has 4 heteroatoms. The van der Waals surface area contributed by atoms with E-state index in [0.717, 1.165) is 14.7 Å². The quantitative estimate of drug-likeness (QED) is 0.220. The Balaban J connectivity index is 1.89. The second kappa shape index (κ2) is 8.80. The first kappa shape index (κ1) is 19.7. The fourth-order valence-electron chi connectivity index (χ4n) is 3.26. The Labute approximate surface area is 177 Å². The molecule has 0 aliphatic carbocycles. The molecule has 0 radical (unpaired) electrons. The van der Waals surface area contributed by atoms with Gasteiger partial charge in [0.05, 0.1) is 5.56 Å². The lowest BCUT2D eigenvalue weighted by molar-refractivity contribution is -0.126. The molecule has 0 fully saturated rings. The van der Waals surface area contributed by atoms with Crippen LogP contribution in [0.25, 0.3) is 0 Å². The Bertz CT molecular complexity index is 1030. The maximum atomic E-state index is 13.2. The Morgan fingerprint density at radius 3 is 1.27 bits per heavy atom. The predicted octanol–water partition coefficient (Wildman–Crippen LogP) is 6.02.